The minimum atomic E-state index is -0.323. The summed E-state index contributed by atoms with van der Waals surface area (Å²) in [5, 5.41) is 20.9. The molecule has 4 heteroatoms. The molecule has 4 aliphatic carbocycles. The summed E-state index contributed by atoms with van der Waals surface area (Å²) in [6.45, 7) is 4.35. The van der Waals surface area contributed by atoms with Gasteiger partial charge in [-0.3, -0.25) is 4.79 Å². The largest absolute Gasteiger partial charge is 0.465 e. The predicted molar refractivity (Wildman–Crippen MR) is 94.7 cm³/mol. The summed E-state index contributed by atoms with van der Waals surface area (Å²) >= 11 is 0. The zero-order valence-corrected chi connectivity index (χ0v) is 15.7. The average Bonchev–Trinajstić information content (AvgIpc) is 2.91. The van der Waals surface area contributed by atoms with Gasteiger partial charge < -0.3 is 14.9 Å². The SMILES string of the molecule is CC(=O)OC[C@]12CC[C@H]3[C@@H](CCC4C[C@H](O)CC[C@@]43C)[C@@H]1CC[C@@H]2O. The maximum absolute atomic E-state index is 11.4. The van der Waals surface area contributed by atoms with Gasteiger partial charge in [0, 0.05) is 12.3 Å². The van der Waals surface area contributed by atoms with Gasteiger partial charge in [0.05, 0.1) is 18.8 Å². The summed E-state index contributed by atoms with van der Waals surface area (Å²) in [6, 6.07) is 0. The summed E-state index contributed by atoms with van der Waals surface area (Å²) in [5.41, 5.74) is 0.146. The lowest BCUT2D eigenvalue weighted by Gasteiger charge is -2.60. The maximum atomic E-state index is 11.4. The molecule has 4 saturated carbocycles. The summed E-state index contributed by atoms with van der Waals surface area (Å²) in [5.74, 6) is 2.28. The Kier molecular flexibility index (Phi) is 4.43. The van der Waals surface area contributed by atoms with Crippen LogP contribution >= 0.6 is 0 Å². The molecule has 0 aromatic rings. The van der Waals surface area contributed by atoms with Crippen molar-refractivity contribution >= 4 is 5.97 Å². The fourth-order valence-electron chi connectivity index (χ4n) is 7.53. The summed E-state index contributed by atoms with van der Waals surface area (Å²) in [6.07, 6.45) is 9.13. The Morgan fingerprint density at radius 3 is 2.60 bits per heavy atom. The molecule has 25 heavy (non-hydrogen) atoms. The van der Waals surface area contributed by atoms with E-state index in [1.807, 2.05) is 0 Å². The number of aliphatic hydroxyl groups is 2. The number of carbonyl (C=O) groups is 1. The smallest absolute Gasteiger partial charge is 0.302 e. The van der Waals surface area contributed by atoms with E-state index in [9.17, 15) is 15.0 Å². The number of fused-ring (bicyclic) bond motifs is 5. The van der Waals surface area contributed by atoms with Gasteiger partial charge in [-0.25, -0.2) is 0 Å². The molecule has 4 fully saturated rings. The third kappa shape index (κ3) is 2.66. The van der Waals surface area contributed by atoms with Crippen molar-refractivity contribution in [1.29, 1.82) is 0 Å². The van der Waals surface area contributed by atoms with Crippen molar-refractivity contribution in [2.45, 2.75) is 83.8 Å². The van der Waals surface area contributed by atoms with E-state index in [0.717, 1.165) is 44.9 Å². The quantitative estimate of drug-likeness (QED) is 0.750. The molecule has 0 amide bonds. The number of aliphatic hydroxyl groups excluding tert-OH is 2. The molecule has 8 atom stereocenters. The number of carbonyl (C=O) groups excluding carboxylic acids is 1. The number of hydrogen-bond donors (Lipinski definition) is 2. The van der Waals surface area contributed by atoms with Crippen molar-refractivity contribution in [1.82, 2.24) is 0 Å². The zero-order chi connectivity index (χ0) is 17.8. The second-order valence-corrected chi connectivity index (χ2v) is 9.73. The molecule has 0 aliphatic heterocycles. The van der Waals surface area contributed by atoms with Gasteiger partial charge in [-0.2, -0.15) is 0 Å². The molecule has 0 aromatic carbocycles. The Labute approximate surface area is 151 Å². The van der Waals surface area contributed by atoms with E-state index in [-0.39, 0.29) is 23.6 Å². The second kappa shape index (κ2) is 6.23. The van der Waals surface area contributed by atoms with Gasteiger partial charge in [0.25, 0.3) is 0 Å². The zero-order valence-electron chi connectivity index (χ0n) is 15.7. The molecule has 1 unspecified atom stereocenters. The third-order valence-electron chi connectivity index (χ3n) is 8.85. The van der Waals surface area contributed by atoms with E-state index in [4.69, 9.17) is 4.74 Å². The first kappa shape index (κ1) is 17.8. The lowest BCUT2D eigenvalue weighted by Crippen LogP contribution is -2.56. The van der Waals surface area contributed by atoms with E-state index in [1.54, 1.807) is 0 Å². The van der Waals surface area contributed by atoms with Crippen molar-refractivity contribution < 1.29 is 19.7 Å². The van der Waals surface area contributed by atoms with Gasteiger partial charge >= 0.3 is 5.97 Å². The van der Waals surface area contributed by atoms with Crippen LogP contribution in [-0.4, -0.2) is 35.0 Å². The van der Waals surface area contributed by atoms with E-state index >= 15 is 0 Å². The molecule has 0 heterocycles. The highest BCUT2D eigenvalue weighted by Gasteiger charge is 2.62. The fraction of sp³-hybridized carbons (Fsp3) is 0.952. The minimum absolute atomic E-state index is 0.102. The van der Waals surface area contributed by atoms with Crippen molar-refractivity contribution in [2.75, 3.05) is 6.61 Å². The number of ether oxygens (including phenoxy) is 1. The fourth-order valence-corrected chi connectivity index (χ4v) is 7.53. The number of rotatable bonds is 2. The first-order chi connectivity index (χ1) is 11.9. The lowest BCUT2D eigenvalue weighted by atomic mass is 9.45. The standard InChI is InChI=1S/C21H34O4/c1-13(22)25-12-21-10-8-17-16(18(21)5-6-19(21)24)4-3-14-11-15(23)7-9-20(14,17)2/h14-19,23-24H,3-12H2,1-2H3/t14?,15-,16-,17+,18+,19+,20+,21-/m1/s1. The Hall–Kier alpha value is -0.610. The Bertz CT molecular complexity index is 534. The van der Waals surface area contributed by atoms with Crippen LogP contribution in [0, 0.1) is 34.5 Å². The summed E-state index contributed by atoms with van der Waals surface area (Å²) < 4.78 is 5.45. The average molecular weight is 350 g/mol. The first-order valence-electron chi connectivity index (χ1n) is 10.4. The Morgan fingerprint density at radius 2 is 1.84 bits per heavy atom. The molecular formula is C21H34O4. The molecule has 4 rings (SSSR count). The summed E-state index contributed by atoms with van der Waals surface area (Å²) in [7, 11) is 0. The van der Waals surface area contributed by atoms with Gasteiger partial charge in [-0.15, -0.1) is 0 Å². The third-order valence-corrected chi connectivity index (χ3v) is 8.85. The first-order valence-corrected chi connectivity index (χ1v) is 10.4. The Morgan fingerprint density at radius 1 is 1.04 bits per heavy atom. The molecule has 0 radical (unpaired) electrons. The normalized spacial score (nSPS) is 52.0. The number of hydrogen-bond acceptors (Lipinski definition) is 4. The number of esters is 1. The van der Waals surface area contributed by atoms with Crippen molar-refractivity contribution in [3.8, 4) is 0 Å². The highest BCUT2D eigenvalue weighted by Crippen LogP contribution is 2.66. The molecule has 0 saturated heterocycles. The van der Waals surface area contributed by atoms with Crippen LogP contribution in [0.25, 0.3) is 0 Å². The Balaban J connectivity index is 1.59. The minimum Gasteiger partial charge on any atom is -0.465 e. The van der Waals surface area contributed by atoms with Crippen LogP contribution in [0.2, 0.25) is 0 Å². The predicted octanol–water partition coefficient (Wildman–Crippen LogP) is 3.29. The van der Waals surface area contributed by atoms with E-state index in [1.165, 1.54) is 19.8 Å². The van der Waals surface area contributed by atoms with Crippen LogP contribution in [0.3, 0.4) is 0 Å². The van der Waals surface area contributed by atoms with Crippen LogP contribution in [-0.2, 0) is 9.53 Å². The van der Waals surface area contributed by atoms with Gasteiger partial charge in [0.15, 0.2) is 0 Å². The van der Waals surface area contributed by atoms with Crippen LogP contribution in [0.4, 0.5) is 0 Å². The van der Waals surface area contributed by atoms with Gasteiger partial charge in [-0.1, -0.05) is 6.92 Å². The highest BCUT2D eigenvalue weighted by atomic mass is 16.5. The van der Waals surface area contributed by atoms with E-state index in [0.29, 0.717) is 35.7 Å². The second-order valence-electron chi connectivity index (χ2n) is 9.73. The van der Waals surface area contributed by atoms with Crippen molar-refractivity contribution in [3.05, 3.63) is 0 Å². The van der Waals surface area contributed by atoms with Crippen LogP contribution < -0.4 is 0 Å². The molecule has 0 spiro atoms. The van der Waals surface area contributed by atoms with Crippen molar-refractivity contribution in [2.24, 2.45) is 34.5 Å². The van der Waals surface area contributed by atoms with Crippen LogP contribution in [0.1, 0.15) is 71.6 Å². The van der Waals surface area contributed by atoms with E-state index < -0.39 is 0 Å². The van der Waals surface area contributed by atoms with Gasteiger partial charge in [0.2, 0.25) is 0 Å². The van der Waals surface area contributed by atoms with Crippen molar-refractivity contribution in [3.63, 3.8) is 0 Å². The maximum Gasteiger partial charge on any atom is 0.302 e. The van der Waals surface area contributed by atoms with Crippen LogP contribution in [0.5, 0.6) is 0 Å². The molecule has 0 aromatic heterocycles. The molecule has 2 N–H and O–H groups in total. The lowest BCUT2D eigenvalue weighted by molar-refractivity contribution is -0.167. The topological polar surface area (TPSA) is 66.8 Å². The van der Waals surface area contributed by atoms with Gasteiger partial charge in [-0.05, 0) is 86.9 Å². The molecule has 4 aliphatic rings. The molecule has 142 valence electrons. The van der Waals surface area contributed by atoms with Gasteiger partial charge in [0.1, 0.15) is 0 Å². The highest BCUT2D eigenvalue weighted by molar-refractivity contribution is 5.65. The molecular weight excluding hydrogens is 316 g/mol. The molecule has 4 nitrogen and oxygen atoms in total. The summed E-state index contributed by atoms with van der Waals surface area (Å²) in [4.78, 5) is 11.4. The monoisotopic (exact) mass is 350 g/mol. The van der Waals surface area contributed by atoms with E-state index in [2.05, 4.69) is 6.92 Å². The molecule has 0 bridgehead atoms. The van der Waals surface area contributed by atoms with Crippen LogP contribution in [0.15, 0.2) is 0 Å².